The Balaban J connectivity index is 2.41. The third-order valence-corrected chi connectivity index (χ3v) is 2.58. The minimum Gasteiger partial charge on any atom is -0.463 e. The first-order valence-electron chi connectivity index (χ1n) is 5.02. The van der Waals surface area contributed by atoms with Gasteiger partial charge in [-0.3, -0.25) is 9.59 Å². The van der Waals surface area contributed by atoms with Crippen molar-refractivity contribution in [3.63, 3.8) is 0 Å². The fourth-order valence-electron chi connectivity index (χ4n) is 1.74. The molecule has 8 nitrogen and oxygen atoms in total. The Hall–Kier alpha value is -2.45. The van der Waals surface area contributed by atoms with E-state index in [0.29, 0.717) is 0 Å². The highest BCUT2D eigenvalue weighted by molar-refractivity contribution is 6.04. The number of nitrogens with zero attached hydrogens (tertiary/aromatic N) is 2. The molecule has 1 aliphatic heterocycles. The number of hydrogen-bond donors (Lipinski definition) is 3. The summed E-state index contributed by atoms with van der Waals surface area (Å²) in [4.78, 5) is 33.7. The summed E-state index contributed by atoms with van der Waals surface area (Å²) >= 11 is 0. The van der Waals surface area contributed by atoms with Gasteiger partial charge >= 0.3 is 6.09 Å². The molecule has 9 heteroatoms. The van der Waals surface area contributed by atoms with Gasteiger partial charge in [-0.05, 0) is 6.42 Å². The van der Waals surface area contributed by atoms with Crippen molar-refractivity contribution in [2.24, 2.45) is 0 Å². The van der Waals surface area contributed by atoms with Crippen molar-refractivity contribution < 1.29 is 23.9 Å². The number of Topliss-reactive ketones (excluding diaryl/α,β-unsaturated/α-hetero) is 1. The molecule has 1 fully saturated rings. The number of nitrogens with one attached hydrogen (secondary N) is 1. The highest BCUT2D eigenvalue weighted by atomic mass is 19.1. The molecule has 1 unspecified atom stereocenters. The fourth-order valence-corrected chi connectivity index (χ4v) is 1.74. The van der Waals surface area contributed by atoms with E-state index in [2.05, 4.69) is 10.4 Å². The van der Waals surface area contributed by atoms with Crippen molar-refractivity contribution in [2.75, 3.05) is 5.73 Å². The largest absolute Gasteiger partial charge is 0.463 e. The van der Waals surface area contributed by atoms with Crippen molar-refractivity contribution in [1.29, 1.82) is 0 Å². The molecule has 1 aromatic rings. The molecule has 1 atom stereocenters. The maximum Gasteiger partial charge on any atom is 0.433 e. The first kappa shape index (κ1) is 12.0. The maximum absolute atomic E-state index is 13.6. The normalized spacial score (nSPS) is 18.7. The number of carbonyl (C=O) groups excluding carboxylic acids is 2. The lowest BCUT2D eigenvalue weighted by Gasteiger charge is -2.08. The molecular formula is C9H9FN4O4. The molecule has 2 heterocycles. The molecule has 96 valence electrons. The first-order valence-corrected chi connectivity index (χ1v) is 5.02. The van der Waals surface area contributed by atoms with Crippen LogP contribution in [0.4, 0.5) is 15.0 Å². The van der Waals surface area contributed by atoms with Crippen LogP contribution >= 0.6 is 0 Å². The molecule has 1 aliphatic rings. The number of amides is 1. The molecule has 0 radical (unpaired) electrons. The number of rotatable bonds is 2. The molecule has 1 saturated heterocycles. The highest BCUT2D eigenvalue weighted by Crippen LogP contribution is 2.19. The lowest BCUT2D eigenvalue weighted by molar-refractivity contribution is -0.119. The second-order valence-electron chi connectivity index (χ2n) is 3.77. The zero-order valence-corrected chi connectivity index (χ0v) is 9.01. The molecule has 0 spiro atoms. The summed E-state index contributed by atoms with van der Waals surface area (Å²) in [6.07, 6.45) is -1.31. The zero-order valence-electron chi connectivity index (χ0n) is 9.01. The van der Waals surface area contributed by atoms with Gasteiger partial charge in [0.25, 0.3) is 0 Å². The van der Waals surface area contributed by atoms with E-state index in [4.69, 9.17) is 10.8 Å². The third-order valence-electron chi connectivity index (χ3n) is 2.58. The van der Waals surface area contributed by atoms with Gasteiger partial charge < -0.3 is 16.2 Å². The Morgan fingerprint density at radius 3 is 2.72 bits per heavy atom. The first-order chi connectivity index (χ1) is 8.41. The average molecular weight is 256 g/mol. The Morgan fingerprint density at radius 2 is 2.22 bits per heavy atom. The van der Waals surface area contributed by atoms with Crippen molar-refractivity contribution in [3.05, 3.63) is 11.5 Å². The molecular weight excluding hydrogens is 247 g/mol. The lowest BCUT2D eigenvalue weighted by Crippen LogP contribution is -2.35. The molecule has 1 amide bonds. The summed E-state index contributed by atoms with van der Waals surface area (Å²) in [5.41, 5.74) is 4.38. The van der Waals surface area contributed by atoms with Crippen LogP contribution in [0, 0.1) is 5.82 Å². The number of carboxylic acid groups (broad SMARTS) is 1. The highest BCUT2D eigenvalue weighted by Gasteiger charge is 2.34. The molecule has 0 aromatic carbocycles. The zero-order chi connectivity index (χ0) is 13.4. The van der Waals surface area contributed by atoms with Crippen LogP contribution in [0.2, 0.25) is 0 Å². The fraction of sp³-hybridized carbons (Fsp3) is 0.333. The number of hydrogen-bond acceptors (Lipinski definition) is 5. The van der Waals surface area contributed by atoms with Gasteiger partial charge in [0.2, 0.25) is 11.7 Å². The van der Waals surface area contributed by atoms with Crippen LogP contribution in [-0.2, 0) is 4.79 Å². The molecule has 0 aliphatic carbocycles. The molecule has 4 N–H and O–H groups in total. The summed E-state index contributed by atoms with van der Waals surface area (Å²) in [7, 11) is 0. The lowest BCUT2D eigenvalue weighted by atomic mass is 10.1. The maximum atomic E-state index is 13.6. The standard InChI is InChI=1S/C9H9FN4O4/c10-5-6(14(9(17)18)13-8(5)11)7(16)3-1-2-4(15)12-3/h3H,1-2H2,(H2,11,13)(H,12,15)(H,17,18). The van der Waals surface area contributed by atoms with E-state index in [9.17, 15) is 18.8 Å². The number of nitrogens with two attached hydrogens (primary N) is 1. The van der Waals surface area contributed by atoms with Gasteiger partial charge in [0.1, 0.15) is 0 Å². The molecule has 0 saturated carbocycles. The van der Waals surface area contributed by atoms with Gasteiger partial charge in [0.05, 0.1) is 6.04 Å². The summed E-state index contributed by atoms with van der Waals surface area (Å²) in [5, 5.41) is 14.3. The Kier molecular flexibility index (Phi) is 2.73. The van der Waals surface area contributed by atoms with Gasteiger partial charge in [0.15, 0.2) is 17.3 Å². The quantitative estimate of drug-likeness (QED) is 0.617. The van der Waals surface area contributed by atoms with Gasteiger partial charge in [-0.25, -0.2) is 9.18 Å². The minimum atomic E-state index is -1.63. The summed E-state index contributed by atoms with van der Waals surface area (Å²) < 4.78 is 13.8. The average Bonchev–Trinajstić information content (AvgIpc) is 2.84. The van der Waals surface area contributed by atoms with E-state index in [-0.39, 0.29) is 23.4 Å². The van der Waals surface area contributed by atoms with Crippen LogP contribution in [0.15, 0.2) is 0 Å². The van der Waals surface area contributed by atoms with Crippen LogP contribution in [0.25, 0.3) is 0 Å². The Bertz CT molecular complexity index is 553. The SMILES string of the molecule is Nc1nn(C(=O)O)c(C(=O)C2CCC(=O)N2)c1F. The molecule has 1 aromatic heterocycles. The smallest absolute Gasteiger partial charge is 0.433 e. The Morgan fingerprint density at radius 1 is 1.56 bits per heavy atom. The predicted molar refractivity (Wildman–Crippen MR) is 55.5 cm³/mol. The van der Waals surface area contributed by atoms with Crippen LogP contribution in [-0.4, -0.2) is 38.7 Å². The van der Waals surface area contributed by atoms with E-state index in [0.717, 1.165) is 0 Å². The summed E-state index contributed by atoms with van der Waals surface area (Å²) in [6.45, 7) is 0. The monoisotopic (exact) mass is 256 g/mol. The van der Waals surface area contributed by atoms with Crippen molar-refractivity contribution in [3.8, 4) is 0 Å². The topological polar surface area (TPSA) is 127 Å². The van der Waals surface area contributed by atoms with E-state index < -0.39 is 35.2 Å². The number of halogens is 1. The van der Waals surface area contributed by atoms with Crippen LogP contribution in [0.5, 0.6) is 0 Å². The summed E-state index contributed by atoms with van der Waals surface area (Å²) in [5.74, 6) is -3.07. The van der Waals surface area contributed by atoms with E-state index in [1.54, 1.807) is 0 Å². The number of anilines is 1. The summed E-state index contributed by atoms with van der Waals surface area (Å²) in [6, 6.07) is -0.943. The van der Waals surface area contributed by atoms with Crippen LogP contribution in [0.3, 0.4) is 0 Å². The second-order valence-corrected chi connectivity index (χ2v) is 3.77. The number of carbonyl (C=O) groups is 3. The number of nitrogen functional groups attached to an aromatic ring is 1. The third kappa shape index (κ3) is 1.79. The number of aromatic nitrogens is 2. The van der Waals surface area contributed by atoms with Crippen molar-refractivity contribution in [2.45, 2.75) is 18.9 Å². The van der Waals surface area contributed by atoms with Gasteiger partial charge in [0, 0.05) is 6.42 Å². The second kappa shape index (κ2) is 4.09. The van der Waals surface area contributed by atoms with Crippen molar-refractivity contribution >= 4 is 23.6 Å². The van der Waals surface area contributed by atoms with Crippen LogP contribution < -0.4 is 11.1 Å². The van der Waals surface area contributed by atoms with E-state index >= 15 is 0 Å². The van der Waals surface area contributed by atoms with Gasteiger partial charge in [-0.2, -0.15) is 4.68 Å². The molecule has 0 bridgehead atoms. The predicted octanol–water partition coefficient (Wildman–Crippen LogP) is -0.408. The Labute approximate surface area is 99.6 Å². The minimum absolute atomic E-state index is 0.134. The van der Waals surface area contributed by atoms with Crippen molar-refractivity contribution in [1.82, 2.24) is 15.1 Å². The number of ketones is 1. The molecule has 18 heavy (non-hydrogen) atoms. The van der Waals surface area contributed by atoms with Gasteiger partial charge in [-0.15, -0.1) is 5.10 Å². The van der Waals surface area contributed by atoms with Gasteiger partial charge in [-0.1, -0.05) is 0 Å². The van der Waals surface area contributed by atoms with Crippen LogP contribution in [0.1, 0.15) is 23.3 Å². The van der Waals surface area contributed by atoms with E-state index in [1.165, 1.54) is 0 Å². The van der Waals surface area contributed by atoms with E-state index in [1.807, 2.05) is 0 Å². The molecule has 2 rings (SSSR count).